The standard InChI is InChI=1S/C11H8F6O3/c12-10(13,14)9(11(15,16)17,20-6-8(18)19)7-4-2-1-3-5-7/h1-5H,6H2,(H,18,19). The van der Waals surface area contributed by atoms with Gasteiger partial charge >= 0.3 is 18.3 Å². The normalized spacial score (nSPS) is 13.3. The third kappa shape index (κ3) is 2.87. The van der Waals surface area contributed by atoms with Gasteiger partial charge in [0.2, 0.25) is 0 Å². The summed E-state index contributed by atoms with van der Waals surface area (Å²) >= 11 is 0. The van der Waals surface area contributed by atoms with Crippen LogP contribution in [0, 0.1) is 0 Å². The predicted octanol–water partition coefficient (Wildman–Crippen LogP) is 3.11. The summed E-state index contributed by atoms with van der Waals surface area (Å²) in [6.45, 7) is -1.74. The lowest BCUT2D eigenvalue weighted by atomic mass is 9.92. The van der Waals surface area contributed by atoms with Gasteiger partial charge in [-0.25, -0.2) is 4.79 Å². The quantitative estimate of drug-likeness (QED) is 0.869. The number of hydrogen-bond donors (Lipinski definition) is 1. The van der Waals surface area contributed by atoms with E-state index >= 15 is 0 Å². The van der Waals surface area contributed by atoms with Crippen LogP contribution < -0.4 is 0 Å². The van der Waals surface area contributed by atoms with Crippen molar-refractivity contribution in [3.8, 4) is 0 Å². The van der Waals surface area contributed by atoms with Crippen molar-refractivity contribution < 1.29 is 41.0 Å². The van der Waals surface area contributed by atoms with Gasteiger partial charge in [-0.3, -0.25) is 0 Å². The molecule has 0 amide bonds. The summed E-state index contributed by atoms with van der Waals surface area (Å²) in [4.78, 5) is 10.3. The van der Waals surface area contributed by atoms with Crippen molar-refractivity contribution in [2.45, 2.75) is 18.0 Å². The Morgan fingerprint density at radius 3 is 1.80 bits per heavy atom. The predicted molar refractivity (Wildman–Crippen MR) is 53.8 cm³/mol. The molecule has 112 valence electrons. The molecule has 1 rings (SSSR count). The number of aliphatic carboxylic acids is 1. The van der Waals surface area contributed by atoms with E-state index < -0.39 is 36.1 Å². The van der Waals surface area contributed by atoms with E-state index in [4.69, 9.17) is 5.11 Å². The molecule has 0 atom stereocenters. The first-order valence-corrected chi connectivity index (χ1v) is 5.07. The van der Waals surface area contributed by atoms with Gasteiger partial charge in [-0.15, -0.1) is 0 Å². The monoisotopic (exact) mass is 302 g/mol. The van der Waals surface area contributed by atoms with Crippen molar-refractivity contribution in [3.63, 3.8) is 0 Å². The Morgan fingerprint density at radius 2 is 1.45 bits per heavy atom. The van der Waals surface area contributed by atoms with Crippen LogP contribution in [-0.4, -0.2) is 30.0 Å². The van der Waals surface area contributed by atoms with E-state index in [0.717, 1.165) is 12.1 Å². The first kappa shape index (κ1) is 16.3. The molecule has 0 spiro atoms. The molecule has 1 aromatic carbocycles. The molecule has 0 aliphatic rings. The Labute approximate surface area is 108 Å². The highest BCUT2D eigenvalue weighted by atomic mass is 19.4. The van der Waals surface area contributed by atoms with Gasteiger partial charge < -0.3 is 9.84 Å². The summed E-state index contributed by atoms with van der Waals surface area (Å²) in [7, 11) is 0. The minimum atomic E-state index is -5.87. The average molecular weight is 302 g/mol. The smallest absolute Gasteiger partial charge is 0.430 e. The van der Waals surface area contributed by atoms with E-state index in [1.165, 1.54) is 6.07 Å². The Hall–Kier alpha value is -1.77. The topological polar surface area (TPSA) is 46.5 Å². The molecule has 3 nitrogen and oxygen atoms in total. The molecule has 0 aliphatic heterocycles. The molecular weight excluding hydrogens is 294 g/mol. The highest BCUT2D eigenvalue weighted by Gasteiger charge is 2.73. The van der Waals surface area contributed by atoms with Gasteiger partial charge in [-0.2, -0.15) is 26.3 Å². The summed E-state index contributed by atoms with van der Waals surface area (Å²) < 4.78 is 81.6. The second kappa shape index (κ2) is 5.31. The molecule has 1 N–H and O–H groups in total. The number of carbonyl (C=O) groups is 1. The largest absolute Gasteiger partial charge is 0.480 e. The highest BCUT2D eigenvalue weighted by Crippen LogP contribution is 2.52. The van der Waals surface area contributed by atoms with Crippen LogP contribution in [0.4, 0.5) is 26.3 Å². The number of halogens is 6. The van der Waals surface area contributed by atoms with Crippen molar-refractivity contribution in [3.05, 3.63) is 35.9 Å². The maximum absolute atomic E-state index is 13.0. The van der Waals surface area contributed by atoms with Crippen LogP contribution in [0.2, 0.25) is 0 Å². The Balaban J connectivity index is 3.47. The molecule has 0 saturated heterocycles. The number of rotatable bonds is 4. The van der Waals surface area contributed by atoms with Gasteiger partial charge in [0.25, 0.3) is 5.60 Å². The van der Waals surface area contributed by atoms with Crippen LogP contribution in [-0.2, 0) is 15.1 Å². The zero-order valence-electron chi connectivity index (χ0n) is 9.63. The van der Waals surface area contributed by atoms with Crippen molar-refractivity contribution >= 4 is 5.97 Å². The lowest BCUT2D eigenvalue weighted by molar-refractivity contribution is -0.387. The number of alkyl halides is 6. The van der Waals surface area contributed by atoms with Gasteiger partial charge in [0.15, 0.2) is 0 Å². The summed E-state index contributed by atoms with van der Waals surface area (Å²) in [5.41, 5.74) is -5.92. The van der Waals surface area contributed by atoms with Gasteiger partial charge in [-0.1, -0.05) is 30.3 Å². The van der Waals surface area contributed by atoms with Gasteiger partial charge in [0.1, 0.15) is 6.61 Å². The fourth-order valence-electron chi connectivity index (χ4n) is 1.58. The van der Waals surface area contributed by atoms with Crippen LogP contribution in [0.15, 0.2) is 30.3 Å². The Bertz CT molecular complexity index is 451. The third-order valence-electron chi connectivity index (χ3n) is 2.39. The molecule has 0 fully saturated rings. The lowest BCUT2D eigenvalue weighted by Gasteiger charge is -2.36. The van der Waals surface area contributed by atoms with Crippen LogP contribution >= 0.6 is 0 Å². The molecule has 0 aromatic heterocycles. The zero-order chi connectivity index (χ0) is 15.6. The summed E-state index contributed by atoms with van der Waals surface area (Å²) in [5.74, 6) is -1.95. The van der Waals surface area contributed by atoms with E-state index in [1.54, 1.807) is 0 Å². The van der Waals surface area contributed by atoms with Crippen LogP contribution in [0.5, 0.6) is 0 Å². The van der Waals surface area contributed by atoms with Crippen molar-refractivity contribution in [1.29, 1.82) is 0 Å². The molecule has 0 radical (unpaired) electrons. The van der Waals surface area contributed by atoms with Crippen LogP contribution in [0.3, 0.4) is 0 Å². The maximum atomic E-state index is 13.0. The number of ether oxygens (including phenoxy) is 1. The molecule has 9 heteroatoms. The van der Waals surface area contributed by atoms with E-state index in [2.05, 4.69) is 4.74 Å². The van der Waals surface area contributed by atoms with E-state index in [0.29, 0.717) is 12.1 Å². The second-order valence-corrected chi connectivity index (χ2v) is 3.73. The maximum Gasteiger partial charge on any atom is 0.430 e. The minimum absolute atomic E-state index is 0.572. The van der Waals surface area contributed by atoms with E-state index in [1.807, 2.05) is 0 Å². The lowest BCUT2D eigenvalue weighted by Crippen LogP contribution is -2.56. The first-order chi connectivity index (χ1) is 9.02. The van der Waals surface area contributed by atoms with Crippen molar-refractivity contribution in [2.75, 3.05) is 6.61 Å². The average Bonchev–Trinajstić information content (AvgIpc) is 2.27. The Kier molecular flexibility index (Phi) is 4.33. The summed E-state index contributed by atoms with van der Waals surface area (Å²) in [6.07, 6.45) is -11.7. The SMILES string of the molecule is O=C(O)COC(c1ccccc1)(C(F)(F)F)C(F)(F)F. The Morgan fingerprint density at radius 1 is 1.00 bits per heavy atom. The molecule has 0 heterocycles. The second-order valence-electron chi connectivity index (χ2n) is 3.73. The first-order valence-electron chi connectivity index (χ1n) is 5.07. The molecular formula is C11H8F6O3. The minimum Gasteiger partial charge on any atom is -0.480 e. The number of benzene rings is 1. The summed E-state index contributed by atoms with van der Waals surface area (Å²) in [6, 6.07) is 4.29. The number of carboxylic acid groups (broad SMARTS) is 1. The molecule has 1 aromatic rings. The fraction of sp³-hybridized carbons (Fsp3) is 0.364. The zero-order valence-corrected chi connectivity index (χ0v) is 9.63. The van der Waals surface area contributed by atoms with Crippen LogP contribution in [0.1, 0.15) is 5.56 Å². The molecule has 0 aliphatic carbocycles. The number of hydrogen-bond acceptors (Lipinski definition) is 2. The summed E-state index contributed by atoms with van der Waals surface area (Å²) in [5, 5.41) is 8.30. The molecule has 20 heavy (non-hydrogen) atoms. The van der Waals surface area contributed by atoms with E-state index in [9.17, 15) is 31.1 Å². The number of carboxylic acids is 1. The fourth-order valence-corrected chi connectivity index (χ4v) is 1.58. The third-order valence-corrected chi connectivity index (χ3v) is 2.39. The molecule has 0 bridgehead atoms. The molecule has 0 unspecified atom stereocenters. The van der Waals surface area contributed by atoms with E-state index in [-0.39, 0.29) is 0 Å². The molecule has 0 saturated carbocycles. The van der Waals surface area contributed by atoms with Crippen LogP contribution in [0.25, 0.3) is 0 Å². The highest BCUT2D eigenvalue weighted by molar-refractivity contribution is 5.68. The van der Waals surface area contributed by atoms with Crippen molar-refractivity contribution in [1.82, 2.24) is 0 Å². The van der Waals surface area contributed by atoms with Gasteiger partial charge in [0.05, 0.1) is 0 Å². The van der Waals surface area contributed by atoms with Crippen molar-refractivity contribution in [2.24, 2.45) is 0 Å². The van der Waals surface area contributed by atoms with Gasteiger partial charge in [0, 0.05) is 5.56 Å². The van der Waals surface area contributed by atoms with Gasteiger partial charge in [-0.05, 0) is 0 Å².